The van der Waals surface area contributed by atoms with Crippen LogP contribution < -0.4 is 0 Å². The molecule has 1 N–H and O–H groups in total. The van der Waals surface area contributed by atoms with Gasteiger partial charge in [0.15, 0.2) is 0 Å². The van der Waals surface area contributed by atoms with E-state index in [1.54, 1.807) is 0 Å². The molecule has 0 amide bonds. The monoisotopic (exact) mass is 218 g/mol. The third-order valence-electron chi connectivity index (χ3n) is 3.23. The van der Waals surface area contributed by atoms with Crippen LogP contribution >= 0.6 is 0 Å². The van der Waals surface area contributed by atoms with Crippen molar-refractivity contribution in [3.63, 3.8) is 0 Å². The smallest absolute Gasteiger partial charge is 0.0709 e. The van der Waals surface area contributed by atoms with Crippen molar-refractivity contribution >= 4 is 32.7 Å². The van der Waals surface area contributed by atoms with Crippen LogP contribution in [0.5, 0.6) is 0 Å². The molecule has 80 valence electrons. The Morgan fingerprint density at radius 2 is 1.76 bits per heavy atom. The van der Waals surface area contributed by atoms with Crippen LogP contribution in [-0.2, 0) is 0 Å². The van der Waals surface area contributed by atoms with E-state index < -0.39 is 0 Å². The highest BCUT2D eigenvalue weighted by atomic mass is 14.7. The molecule has 0 aliphatic carbocycles. The summed E-state index contributed by atoms with van der Waals surface area (Å²) in [5.41, 5.74) is 3.40. The van der Waals surface area contributed by atoms with Crippen LogP contribution in [0.3, 0.4) is 0 Å². The number of nitrogens with zero attached hydrogens (tertiary/aromatic N) is 1. The van der Waals surface area contributed by atoms with Crippen molar-refractivity contribution in [2.45, 2.75) is 0 Å². The van der Waals surface area contributed by atoms with Gasteiger partial charge in [-0.05, 0) is 24.3 Å². The standard InChI is InChI=1S/C15H10N2/c1-2-6-13-11(5-1)12-9-14-10(4-3-7-16-14)8-15(12)17-13/h1-9,17H. The molecule has 2 aromatic carbocycles. The number of aromatic amines is 1. The van der Waals surface area contributed by atoms with Crippen LogP contribution in [0.1, 0.15) is 0 Å². The van der Waals surface area contributed by atoms with Gasteiger partial charge in [-0.25, -0.2) is 0 Å². The second-order valence-corrected chi connectivity index (χ2v) is 4.26. The number of pyridine rings is 1. The SMILES string of the molecule is c1cnc2cc3c(cc2c1)[nH]c1ccccc13. The Bertz CT molecular complexity index is 837. The summed E-state index contributed by atoms with van der Waals surface area (Å²) in [5, 5.41) is 3.67. The topological polar surface area (TPSA) is 28.7 Å². The van der Waals surface area contributed by atoms with E-state index in [4.69, 9.17) is 0 Å². The van der Waals surface area contributed by atoms with Crippen molar-refractivity contribution < 1.29 is 0 Å². The average Bonchev–Trinajstić information content (AvgIpc) is 2.73. The Hall–Kier alpha value is -2.35. The fourth-order valence-corrected chi connectivity index (χ4v) is 2.42. The lowest BCUT2D eigenvalue weighted by atomic mass is 10.1. The maximum atomic E-state index is 4.40. The third-order valence-corrected chi connectivity index (χ3v) is 3.23. The molecule has 2 aromatic heterocycles. The fraction of sp³-hybridized carbons (Fsp3) is 0. The molecule has 0 saturated heterocycles. The van der Waals surface area contributed by atoms with Gasteiger partial charge >= 0.3 is 0 Å². The molecule has 17 heavy (non-hydrogen) atoms. The molecular weight excluding hydrogens is 208 g/mol. The first kappa shape index (κ1) is 8.76. The third kappa shape index (κ3) is 1.18. The molecule has 0 atom stereocenters. The number of hydrogen-bond acceptors (Lipinski definition) is 1. The van der Waals surface area contributed by atoms with E-state index in [9.17, 15) is 0 Å². The van der Waals surface area contributed by atoms with Crippen molar-refractivity contribution in [3.8, 4) is 0 Å². The first-order valence-corrected chi connectivity index (χ1v) is 5.67. The molecular formula is C15H10N2. The number of rotatable bonds is 0. The van der Waals surface area contributed by atoms with Crippen LogP contribution in [0, 0.1) is 0 Å². The highest BCUT2D eigenvalue weighted by Crippen LogP contribution is 2.28. The van der Waals surface area contributed by atoms with Crippen LogP contribution in [0.4, 0.5) is 0 Å². The van der Waals surface area contributed by atoms with Gasteiger partial charge in [-0.3, -0.25) is 4.98 Å². The largest absolute Gasteiger partial charge is 0.354 e. The number of benzene rings is 2. The lowest BCUT2D eigenvalue weighted by Crippen LogP contribution is -1.77. The molecule has 0 aliphatic heterocycles. The molecule has 0 fully saturated rings. The Morgan fingerprint density at radius 3 is 2.76 bits per heavy atom. The summed E-state index contributed by atoms with van der Waals surface area (Å²) in [6.07, 6.45) is 1.84. The van der Waals surface area contributed by atoms with E-state index in [1.165, 1.54) is 27.2 Å². The minimum Gasteiger partial charge on any atom is -0.354 e. The minimum atomic E-state index is 1.05. The maximum absolute atomic E-state index is 4.40. The van der Waals surface area contributed by atoms with E-state index in [1.807, 2.05) is 12.3 Å². The van der Waals surface area contributed by atoms with Gasteiger partial charge in [0.25, 0.3) is 0 Å². The molecule has 2 heterocycles. The van der Waals surface area contributed by atoms with Crippen LogP contribution in [0.25, 0.3) is 32.7 Å². The number of hydrogen-bond donors (Lipinski definition) is 1. The van der Waals surface area contributed by atoms with Crippen molar-refractivity contribution in [2.75, 3.05) is 0 Å². The zero-order valence-electron chi connectivity index (χ0n) is 9.14. The molecule has 4 rings (SSSR count). The number of fused-ring (bicyclic) bond motifs is 4. The van der Waals surface area contributed by atoms with E-state index in [0.29, 0.717) is 0 Å². The van der Waals surface area contributed by atoms with E-state index in [-0.39, 0.29) is 0 Å². The van der Waals surface area contributed by atoms with E-state index in [2.05, 4.69) is 52.4 Å². The number of aromatic nitrogens is 2. The molecule has 0 aliphatic rings. The Labute approximate surface area is 97.9 Å². The highest BCUT2D eigenvalue weighted by Gasteiger charge is 2.04. The highest BCUT2D eigenvalue weighted by molar-refractivity contribution is 6.11. The molecule has 0 unspecified atom stereocenters. The van der Waals surface area contributed by atoms with Gasteiger partial charge in [-0.2, -0.15) is 0 Å². The molecule has 0 radical (unpaired) electrons. The van der Waals surface area contributed by atoms with Crippen molar-refractivity contribution in [1.82, 2.24) is 9.97 Å². The summed E-state index contributed by atoms with van der Waals surface area (Å²) < 4.78 is 0. The molecule has 0 bridgehead atoms. The zero-order chi connectivity index (χ0) is 11.2. The van der Waals surface area contributed by atoms with Crippen molar-refractivity contribution in [2.24, 2.45) is 0 Å². The summed E-state index contributed by atoms with van der Waals surface area (Å²) in [6, 6.07) is 16.7. The van der Waals surface area contributed by atoms with Gasteiger partial charge in [0.05, 0.1) is 5.52 Å². The zero-order valence-corrected chi connectivity index (χ0v) is 9.14. The van der Waals surface area contributed by atoms with Crippen LogP contribution in [0.2, 0.25) is 0 Å². The number of H-pyrrole nitrogens is 1. The molecule has 2 heteroatoms. The summed E-state index contributed by atoms with van der Waals surface area (Å²) in [6.45, 7) is 0. The Kier molecular flexibility index (Phi) is 1.59. The minimum absolute atomic E-state index is 1.05. The quantitative estimate of drug-likeness (QED) is 0.477. The van der Waals surface area contributed by atoms with Gasteiger partial charge in [0, 0.05) is 33.4 Å². The Balaban J connectivity index is 2.28. The molecule has 0 spiro atoms. The van der Waals surface area contributed by atoms with Crippen LogP contribution in [0.15, 0.2) is 54.7 Å². The molecule has 4 aromatic rings. The molecule has 0 saturated carbocycles. The predicted octanol–water partition coefficient (Wildman–Crippen LogP) is 3.87. The summed E-state index contributed by atoms with van der Waals surface area (Å²) >= 11 is 0. The summed E-state index contributed by atoms with van der Waals surface area (Å²) in [5.74, 6) is 0. The lowest BCUT2D eigenvalue weighted by Gasteiger charge is -1.96. The summed E-state index contributed by atoms with van der Waals surface area (Å²) in [4.78, 5) is 7.85. The van der Waals surface area contributed by atoms with Gasteiger partial charge < -0.3 is 4.98 Å². The van der Waals surface area contributed by atoms with E-state index >= 15 is 0 Å². The fourth-order valence-electron chi connectivity index (χ4n) is 2.42. The normalized spacial score (nSPS) is 11.5. The molecule has 2 nitrogen and oxygen atoms in total. The average molecular weight is 218 g/mol. The first-order valence-electron chi connectivity index (χ1n) is 5.67. The summed E-state index contributed by atoms with van der Waals surface area (Å²) in [7, 11) is 0. The maximum Gasteiger partial charge on any atom is 0.0709 e. The predicted molar refractivity (Wildman–Crippen MR) is 71.1 cm³/mol. The number of nitrogens with one attached hydrogen (secondary N) is 1. The van der Waals surface area contributed by atoms with E-state index in [0.717, 1.165) is 5.52 Å². The second kappa shape index (κ2) is 3.08. The van der Waals surface area contributed by atoms with Gasteiger partial charge in [0.1, 0.15) is 0 Å². The van der Waals surface area contributed by atoms with Crippen molar-refractivity contribution in [1.29, 1.82) is 0 Å². The first-order chi connectivity index (χ1) is 8.42. The second-order valence-electron chi connectivity index (χ2n) is 4.26. The Morgan fingerprint density at radius 1 is 0.824 bits per heavy atom. The number of para-hydroxylation sites is 1. The van der Waals surface area contributed by atoms with Gasteiger partial charge in [-0.1, -0.05) is 24.3 Å². The van der Waals surface area contributed by atoms with Gasteiger partial charge in [0.2, 0.25) is 0 Å². The van der Waals surface area contributed by atoms with Gasteiger partial charge in [-0.15, -0.1) is 0 Å². The lowest BCUT2D eigenvalue weighted by molar-refractivity contribution is 1.42. The van der Waals surface area contributed by atoms with Crippen molar-refractivity contribution in [3.05, 3.63) is 54.7 Å². The van der Waals surface area contributed by atoms with Crippen LogP contribution in [-0.4, -0.2) is 9.97 Å².